The summed E-state index contributed by atoms with van der Waals surface area (Å²) in [6, 6.07) is 8.51. The van der Waals surface area contributed by atoms with Crippen LogP contribution in [0.4, 0.5) is 0 Å². The third-order valence-electron chi connectivity index (χ3n) is 4.67. The summed E-state index contributed by atoms with van der Waals surface area (Å²) in [5.41, 5.74) is 1.40. The average Bonchev–Trinajstić information content (AvgIpc) is 2.90. The maximum atomic E-state index is 5.79. The van der Waals surface area contributed by atoms with Gasteiger partial charge in [0.1, 0.15) is 5.75 Å². The zero-order valence-corrected chi connectivity index (χ0v) is 12.5. The molecule has 1 atom stereocenters. The number of piperidine rings is 1. The van der Waals surface area contributed by atoms with Gasteiger partial charge in [-0.3, -0.25) is 0 Å². The van der Waals surface area contributed by atoms with Gasteiger partial charge in [-0.2, -0.15) is 0 Å². The number of benzene rings is 1. The molecule has 0 saturated carbocycles. The standard InChI is InChI=1S/C17H26N2O/c1-2-18-11-14-7-9-19(10-8-14)12-15-13-20-17-6-4-3-5-16(15)17/h3-6,14-15,18H,2,7-13H2,1H3. The van der Waals surface area contributed by atoms with Gasteiger partial charge in [0.2, 0.25) is 0 Å². The maximum absolute atomic E-state index is 5.79. The third-order valence-corrected chi connectivity index (χ3v) is 4.67. The highest BCUT2D eigenvalue weighted by Gasteiger charge is 2.27. The molecule has 0 aliphatic carbocycles. The Kier molecular flexibility index (Phi) is 4.58. The summed E-state index contributed by atoms with van der Waals surface area (Å²) in [4.78, 5) is 2.62. The van der Waals surface area contributed by atoms with Gasteiger partial charge in [-0.1, -0.05) is 25.1 Å². The number of para-hydroxylation sites is 1. The van der Waals surface area contributed by atoms with E-state index in [0.717, 1.165) is 31.4 Å². The molecule has 2 aliphatic heterocycles. The SMILES string of the molecule is CCNCC1CCN(CC2COc3ccccc32)CC1. The highest BCUT2D eigenvalue weighted by Crippen LogP contribution is 2.34. The van der Waals surface area contributed by atoms with Crippen molar-refractivity contribution in [3.63, 3.8) is 0 Å². The number of nitrogens with zero attached hydrogens (tertiary/aromatic N) is 1. The predicted octanol–water partition coefficient (Wildman–Crippen LogP) is 2.48. The Morgan fingerprint density at radius 2 is 2.05 bits per heavy atom. The first-order chi connectivity index (χ1) is 9.86. The minimum atomic E-state index is 0.566. The molecule has 1 unspecified atom stereocenters. The van der Waals surface area contributed by atoms with E-state index in [2.05, 4.69) is 41.4 Å². The molecular formula is C17H26N2O. The number of rotatable bonds is 5. The summed E-state index contributed by atoms with van der Waals surface area (Å²) < 4.78 is 5.79. The first-order valence-corrected chi connectivity index (χ1v) is 8.01. The van der Waals surface area contributed by atoms with Crippen LogP contribution in [0.3, 0.4) is 0 Å². The Morgan fingerprint density at radius 3 is 2.85 bits per heavy atom. The molecule has 2 heterocycles. The Morgan fingerprint density at radius 1 is 1.25 bits per heavy atom. The van der Waals surface area contributed by atoms with Gasteiger partial charge in [0.05, 0.1) is 6.61 Å². The van der Waals surface area contributed by atoms with Crippen molar-refractivity contribution < 1.29 is 4.74 Å². The molecule has 0 radical (unpaired) electrons. The molecule has 20 heavy (non-hydrogen) atoms. The van der Waals surface area contributed by atoms with E-state index in [1.54, 1.807) is 0 Å². The molecule has 0 spiro atoms. The minimum absolute atomic E-state index is 0.566. The van der Waals surface area contributed by atoms with Crippen molar-refractivity contribution in [3.8, 4) is 5.75 Å². The van der Waals surface area contributed by atoms with Crippen molar-refractivity contribution in [2.24, 2.45) is 5.92 Å². The number of likely N-dealkylation sites (tertiary alicyclic amines) is 1. The number of ether oxygens (including phenoxy) is 1. The largest absolute Gasteiger partial charge is 0.493 e. The molecule has 110 valence electrons. The Bertz CT molecular complexity index is 427. The van der Waals surface area contributed by atoms with E-state index in [-0.39, 0.29) is 0 Å². The van der Waals surface area contributed by atoms with Crippen LogP contribution in [0.25, 0.3) is 0 Å². The lowest BCUT2D eigenvalue weighted by Gasteiger charge is -2.33. The van der Waals surface area contributed by atoms with E-state index in [0.29, 0.717) is 5.92 Å². The molecule has 1 aromatic rings. The van der Waals surface area contributed by atoms with Crippen LogP contribution in [-0.4, -0.2) is 44.2 Å². The molecule has 1 saturated heterocycles. The van der Waals surface area contributed by atoms with Crippen LogP contribution in [0.5, 0.6) is 5.75 Å². The Labute approximate surface area is 122 Å². The van der Waals surface area contributed by atoms with Crippen LogP contribution in [0, 0.1) is 5.92 Å². The monoisotopic (exact) mass is 274 g/mol. The summed E-state index contributed by atoms with van der Waals surface area (Å²) in [5, 5.41) is 3.48. The van der Waals surface area contributed by atoms with E-state index in [1.807, 2.05) is 0 Å². The number of nitrogens with one attached hydrogen (secondary N) is 1. The van der Waals surface area contributed by atoms with Crippen molar-refractivity contribution >= 4 is 0 Å². The van der Waals surface area contributed by atoms with E-state index in [4.69, 9.17) is 4.74 Å². The molecule has 1 fully saturated rings. The lowest BCUT2D eigenvalue weighted by Crippen LogP contribution is -2.39. The third kappa shape index (κ3) is 3.15. The highest BCUT2D eigenvalue weighted by atomic mass is 16.5. The second-order valence-corrected chi connectivity index (χ2v) is 6.10. The number of hydrogen-bond donors (Lipinski definition) is 1. The average molecular weight is 274 g/mol. The van der Waals surface area contributed by atoms with Gasteiger partial charge in [-0.15, -0.1) is 0 Å². The molecule has 1 N–H and O–H groups in total. The van der Waals surface area contributed by atoms with Gasteiger partial charge in [-0.25, -0.2) is 0 Å². The molecule has 3 nitrogen and oxygen atoms in total. The fraction of sp³-hybridized carbons (Fsp3) is 0.647. The van der Waals surface area contributed by atoms with Gasteiger partial charge in [0, 0.05) is 18.0 Å². The van der Waals surface area contributed by atoms with Crippen LogP contribution >= 0.6 is 0 Å². The molecule has 0 bridgehead atoms. The summed E-state index contributed by atoms with van der Waals surface area (Å²) in [6.07, 6.45) is 2.67. The Hall–Kier alpha value is -1.06. The van der Waals surface area contributed by atoms with Crippen molar-refractivity contribution in [1.82, 2.24) is 10.2 Å². The summed E-state index contributed by atoms with van der Waals surface area (Å²) >= 11 is 0. The summed E-state index contributed by atoms with van der Waals surface area (Å²) in [5.74, 6) is 2.54. The second kappa shape index (κ2) is 6.59. The molecule has 2 aliphatic rings. The zero-order chi connectivity index (χ0) is 13.8. The lowest BCUT2D eigenvalue weighted by atomic mass is 9.94. The van der Waals surface area contributed by atoms with E-state index >= 15 is 0 Å². The number of fused-ring (bicyclic) bond motifs is 1. The summed E-state index contributed by atoms with van der Waals surface area (Å²) in [6.45, 7) is 8.98. The molecular weight excluding hydrogens is 248 g/mol. The van der Waals surface area contributed by atoms with Crippen molar-refractivity contribution in [1.29, 1.82) is 0 Å². The first-order valence-electron chi connectivity index (χ1n) is 8.01. The van der Waals surface area contributed by atoms with E-state index < -0.39 is 0 Å². The number of hydrogen-bond acceptors (Lipinski definition) is 3. The quantitative estimate of drug-likeness (QED) is 0.893. The normalized spacial score (nSPS) is 23.6. The molecule has 3 rings (SSSR count). The Balaban J connectivity index is 1.49. The topological polar surface area (TPSA) is 24.5 Å². The van der Waals surface area contributed by atoms with Crippen LogP contribution in [0.15, 0.2) is 24.3 Å². The van der Waals surface area contributed by atoms with Gasteiger partial charge in [0.25, 0.3) is 0 Å². The van der Waals surface area contributed by atoms with Gasteiger partial charge in [0.15, 0.2) is 0 Å². The van der Waals surface area contributed by atoms with Crippen molar-refractivity contribution in [3.05, 3.63) is 29.8 Å². The zero-order valence-electron chi connectivity index (χ0n) is 12.5. The van der Waals surface area contributed by atoms with Crippen LogP contribution < -0.4 is 10.1 Å². The van der Waals surface area contributed by atoms with Gasteiger partial charge < -0.3 is 15.0 Å². The van der Waals surface area contributed by atoms with Crippen LogP contribution in [-0.2, 0) is 0 Å². The van der Waals surface area contributed by atoms with E-state index in [9.17, 15) is 0 Å². The van der Waals surface area contributed by atoms with E-state index in [1.165, 1.54) is 38.0 Å². The lowest BCUT2D eigenvalue weighted by molar-refractivity contribution is 0.166. The molecule has 1 aromatic carbocycles. The maximum Gasteiger partial charge on any atom is 0.122 e. The van der Waals surface area contributed by atoms with Crippen LogP contribution in [0.1, 0.15) is 31.2 Å². The highest BCUT2D eigenvalue weighted by molar-refractivity contribution is 5.39. The summed E-state index contributed by atoms with van der Waals surface area (Å²) in [7, 11) is 0. The smallest absolute Gasteiger partial charge is 0.122 e. The molecule has 0 amide bonds. The van der Waals surface area contributed by atoms with Gasteiger partial charge >= 0.3 is 0 Å². The van der Waals surface area contributed by atoms with Crippen molar-refractivity contribution in [2.75, 3.05) is 39.3 Å². The predicted molar refractivity (Wildman–Crippen MR) is 82.4 cm³/mol. The molecule has 3 heteroatoms. The first kappa shape index (κ1) is 13.9. The fourth-order valence-electron chi connectivity index (χ4n) is 3.41. The van der Waals surface area contributed by atoms with Gasteiger partial charge in [-0.05, 0) is 51.0 Å². The second-order valence-electron chi connectivity index (χ2n) is 6.10. The molecule has 0 aromatic heterocycles. The van der Waals surface area contributed by atoms with Crippen molar-refractivity contribution in [2.45, 2.75) is 25.7 Å². The minimum Gasteiger partial charge on any atom is -0.493 e. The fourth-order valence-corrected chi connectivity index (χ4v) is 3.41. The van der Waals surface area contributed by atoms with Crippen LogP contribution in [0.2, 0.25) is 0 Å².